The molecule has 1 atom stereocenters. The zero-order chi connectivity index (χ0) is 9.41. The molecule has 1 aliphatic rings. The van der Waals surface area contributed by atoms with Crippen LogP contribution >= 0.6 is 0 Å². The number of alkyl halides is 3. The molecule has 12 heavy (non-hydrogen) atoms. The molecule has 1 aliphatic carbocycles. The van der Waals surface area contributed by atoms with Crippen LogP contribution in [-0.2, 0) is 11.0 Å². The molecule has 0 aromatic rings. The lowest BCUT2D eigenvalue weighted by Gasteiger charge is -2.42. The molecule has 1 unspecified atom stereocenters. The highest BCUT2D eigenvalue weighted by molar-refractivity contribution is 7.82. The minimum absolute atomic E-state index is 0.0689. The zero-order valence-electron chi connectivity index (χ0n) is 6.36. The van der Waals surface area contributed by atoms with E-state index in [1.807, 2.05) is 0 Å². The van der Waals surface area contributed by atoms with Gasteiger partial charge in [-0.3, -0.25) is 5.14 Å². The van der Waals surface area contributed by atoms with E-state index >= 15 is 0 Å². The molecule has 0 saturated heterocycles. The number of rotatable bonds is 2. The van der Waals surface area contributed by atoms with Gasteiger partial charge in [-0.05, 0) is 12.8 Å². The molecule has 2 nitrogen and oxygen atoms in total. The highest BCUT2D eigenvalue weighted by Crippen LogP contribution is 2.53. The SMILES string of the molecule is NS(=O)CC1(C(F)(F)F)CCC1. The van der Waals surface area contributed by atoms with E-state index in [4.69, 9.17) is 5.14 Å². The second-order valence-electron chi connectivity index (χ2n) is 3.16. The molecule has 0 spiro atoms. The average Bonchev–Trinajstić information content (AvgIpc) is 1.74. The molecule has 0 aliphatic heterocycles. The molecule has 0 aromatic carbocycles. The van der Waals surface area contributed by atoms with Crippen LogP contribution in [0, 0.1) is 5.41 Å². The molecule has 6 heteroatoms. The van der Waals surface area contributed by atoms with E-state index in [1.165, 1.54) is 0 Å². The van der Waals surface area contributed by atoms with E-state index in [2.05, 4.69) is 0 Å². The monoisotopic (exact) mass is 201 g/mol. The maximum Gasteiger partial charge on any atom is 0.395 e. The largest absolute Gasteiger partial charge is 0.395 e. The van der Waals surface area contributed by atoms with Gasteiger partial charge >= 0.3 is 6.18 Å². The van der Waals surface area contributed by atoms with Gasteiger partial charge in [-0.15, -0.1) is 0 Å². The molecule has 1 fully saturated rings. The predicted molar refractivity (Wildman–Crippen MR) is 39.5 cm³/mol. The van der Waals surface area contributed by atoms with Crippen molar-refractivity contribution in [3.8, 4) is 0 Å². The molecule has 1 rings (SSSR count). The number of halogens is 3. The first-order valence-electron chi connectivity index (χ1n) is 3.57. The van der Waals surface area contributed by atoms with Crippen molar-refractivity contribution in [1.82, 2.24) is 0 Å². The van der Waals surface area contributed by atoms with Crippen molar-refractivity contribution in [2.75, 3.05) is 5.75 Å². The van der Waals surface area contributed by atoms with E-state index in [1.54, 1.807) is 0 Å². The zero-order valence-corrected chi connectivity index (χ0v) is 7.17. The quantitative estimate of drug-likeness (QED) is 0.719. The Morgan fingerprint density at radius 2 is 1.92 bits per heavy atom. The highest BCUT2D eigenvalue weighted by Gasteiger charge is 2.58. The van der Waals surface area contributed by atoms with E-state index in [0.717, 1.165) is 0 Å². The summed E-state index contributed by atoms with van der Waals surface area (Å²) in [6, 6.07) is 0. The van der Waals surface area contributed by atoms with Gasteiger partial charge in [0.15, 0.2) is 0 Å². The van der Waals surface area contributed by atoms with Gasteiger partial charge in [0.1, 0.15) is 0 Å². The minimum atomic E-state index is -4.25. The summed E-state index contributed by atoms with van der Waals surface area (Å²) < 4.78 is 47.5. The summed E-state index contributed by atoms with van der Waals surface area (Å²) in [5, 5.41) is 4.86. The third-order valence-corrected chi connectivity index (χ3v) is 3.17. The van der Waals surface area contributed by atoms with Crippen LogP contribution in [0.25, 0.3) is 0 Å². The van der Waals surface area contributed by atoms with E-state index in [9.17, 15) is 17.4 Å². The second kappa shape index (κ2) is 2.99. The van der Waals surface area contributed by atoms with Crippen molar-refractivity contribution >= 4 is 11.0 Å². The Morgan fingerprint density at radius 3 is 2.00 bits per heavy atom. The third-order valence-electron chi connectivity index (χ3n) is 2.33. The van der Waals surface area contributed by atoms with Gasteiger partial charge in [0, 0.05) is 0 Å². The van der Waals surface area contributed by atoms with Crippen molar-refractivity contribution in [1.29, 1.82) is 0 Å². The summed E-state index contributed by atoms with van der Waals surface area (Å²) in [4.78, 5) is 0. The minimum Gasteiger partial charge on any atom is -0.252 e. The number of nitrogens with two attached hydrogens (primary N) is 1. The Labute approximate surface area is 70.9 Å². The van der Waals surface area contributed by atoms with Gasteiger partial charge in [0.05, 0.1) is 22.2 Å². The summed E-state index contributed by atoms with van der Waals surface area (Å²) >= 11 is 0. The molecule has 2 N–H and O–H groups in total. The Kier molecular flexibility index (Phi) is 2.49. The molecule has 0 radical (unpaired) electrons. The first-order valence-corrected chi connectivity index (χ1v) is 4.95. The van der Waals surface area contributed by atoms with Gasteiger partial charge in [-0.1, -0.05) is 6.42 Å². The smallest absolute Gasteiger partial charge is 0.252 e. The fourth-order valence-electron chi connectivity index (χ4n) is 1.39. The van der Waals surface area contributed by atoms with Crippen LogP contribution in [0.4, 0.5) is 13.2 Å². The van der Waals surface area contributed by atoms with E-state index < -0.39 is 28.3 Å². The van der Waals surface area contributed by atoms with Gasteiger partial charge in [0.25, 0.3) is 0 Å². The summed E-state index contributed by atoms with van der Waals surface area (Å²) in [6.07, 6.45) is -3.56. The van der Waals surface area contributed by atoms with Crippen LogP contribution in [0.3, 0.4) is 0 Å². The average molecular weight is 201 g/mol. The first kappa shape index (κ1) is 9.98. The van der Waals surface area contributed by atoms with Crippen LogP contribution in [0.2, 0.25) is 0 Å². The summed E-state index contributed by atoms with van der Waals surface area (Å²) in [6.45, 7) is 0. The van der Waals surface area contributed by atoms with Gasteiger partial charge in [0.2, 0.25) is 0 Å². The third kappa shape index (κ3) is 1.64. The predicted octanol–water partition coefficient (Wildman–Crippen LogP) is 1.34. The lowest BCUT2D eigenvalue weighted by Crippen LogP contribution is -2.48. The lowest BCUT2D eigenvalue weighted by atomic mass is 9.70. The molecule has 0 bridgehead atoms. The summed E-state index contributed by atoms with van der Waals surface area (Å²) in [5.74, 6) is -0.448. The first-order chi connectivity index (χ1) is 5.37. The molecular formula is C6H10F3NOS. The molecule has 0 aromatic heterocycles. The number of hydrogen-bond donors (Lipinski definition) is 1. The van der Waals surface area contributed by atoms with Crippen LogP contribution in [0.5, 0.6) is 0 Å². The van der Waals surface area contributed by atoms with Crippen molar-refractivity contribution < 1.29 is 17.4 Å². The Balaban J connectivity index is 2.70. The summed E-state index contributed by atoms with van der Waals surface area (Å²) in [5.41, 5.74) is -1.74. The lowest BCUT2D eigenvalue weighted by molar-refractivity contribution is -0.240. The Morgan fingerprint density at radius 1 is 1.42 bits per heavy atom. The molecule has 72 valence electrons. The van der Waals surface area contributed by atoms with Gasteiger partial charge in [-0.2, -0.15) is 13.2 Å². The second-order valence-corrected chi connectivity index (χ2v) is 4.21. The van der Waals surface area contributed by atoms with Crippen molar-refractivity contribution in [2.45, 2.75) is 25.4 Å². The Hall–Kier alpha value is -0.100. The summed E-state index contributed by atoms with van der Waals surface area (Å²) in [7, 11) is -1.85. The van der Waals surface area contributed by atoms with E-state index in [-0.39, 0.29) is 12.8 Å². The maximum atomic E-state index is 12.3. The molecule has 1 saturated carbocycles. The molecule has 0 amide bonds. The van der Waals surface area contributed by atoms with Crippen LogP contribution in [-0.4, -0.2) is 16.1 Å². The van der Waals surface area contributed by atoms with Gasteiger partial charge < -0.3 is 0 Å². The van der Waals surface area contributed by atoms with Crippen LogP contribution < -0.4 is 5.14 Å². The normalized spacial score (nSPS) is 24.7. The van der Waals surface area contributed by atoms with Gasteiger partial charge in [-0.25, -0.2) is 4.21 Å². The Bertz CT molecular complexity index is 199. The maximum absolute atomic E-state index is 12.3. The fraction of sp³-hybridized carbons (Fsp3) is 1.00. The molecular weight excluding hydrogens is 191 g/mol. The van der Waals surface area contributed by atoms with Crippen molar-refractivity contribution in [3.05, 3.63) is 0 Å². The van der Waals surface area contributed by atoms with Crippen LogP contribution in [0.15, 0.2) is 0 Å². The highest BCUT2D eigenvalue weighted by atomic mass is 32.2. The standard InChI is InChI=1S/C6H10F3NOS/c7-6(8,9)5(2-1-3-5)4-12(10)11/h1-4,10H2. The van der Waals surface area contributed by atoms with Crippen molar-refractivity contribution in [2.24, 2.45) is 10.6 Å². The number of hydrogen-bond acceptors (Lipinski definition) is 1. The topological polar surface area (TPSA) is 43.1 Å². The fourth-order valence-corrected chi connectivity index (χ4v) is 2.38. The van der Waals surface area contributed by atoms with Crippen LogP contribution in [0.1, 0.15) is 19.3 Å². The van der Waals surface area contributed by atoms with E-state index in [0.29, 0.717) is 6.42 Å². The molecule has 0 heterocycles. The van der Waals surface area contributed by atoms with Crippen molar-refractivity contribution in [3.63, 3.8) is 0 Å².